The van der Waals surface area contributed by atoms with Gasteiger partial charge in [0.15, 0.2) is 5.96 Å². The molecule has 0 amide bonds. The average molecular weight is 437 g/mol. The molecule has 0 aliphatic heterocycles. The summed E-state index contributed by atoms with van der Waals surface area (Å²) in [4.78, 5) is 8.57. The lowest BCUT2D eigenvalue weighted by atomic mass is 10.2. The number of aromatic nitrogens is 1. The van der Waals surface area contributed by atoms with Crippen molar-refractivity contribution >= 4 is 41.5 Å². The molecule has 22 heavy (non-hydrogen) atoms. The summed E-state index contributed by atoms with van der Waals surface area (Å²) in [5.74, 6) is 1.39. The van der Waals surface area contributed by atoms with Crippen molar-refractivity contribution in [1.82, 2.24) is 15.6 Å². The zero-order chi connectivity index (χ0) is 14.9. The summed E-state index contributed by atoms with van der Waals surface area (Å²) in [6, 6.07) is 3.95. The number of pyridine rings is 1. The molecule has 0 saturated heterocycles. The van der Waals surface area contributed by atoms with Gasteiger partial charge in [-0.25, -0.2) is 9.98 Å². The molecule has 0 saturated carbocycles. The fraction of sp³-hybridized carbons (Fsp3) is 0.467. The number of nitrogens with zero attached hydrogens (tertiary/aromatic N) is 2. The number of hydrogen-bond acceptors (Lipinski definition) is 3. The van der Waals surface area contributed by atoms with E-state index in [1.807, 2.05) is 0 Å². The Kier molecular flexibility index (Phi) is 9.22. The van der Waals surface area contributed by atoms with E-state index >= 15 is 0 Å². The van der Waals surface area contributed by atoms with Crippen LogP contribution in [-0.2, 0) is 0 Å². The molecule has 0 bridgehead atoms. The van der Waals surface area contributed by atoms with E-state index in [0.717, 1.165) is 25.3 Å². The van der Waals surface area contributed by atoms with E-state index in [2.05, 4.69) is 39.7 Å². The largest absolute Gasteiger partial charge is 0.476 e. The number of hydrogen-bond donors (Lipinski definition) is 2. The van der Waals surface area contributed by atoms with Gasteiger partial charge in [-0.15, -0.1) is 24.0 Å². The molecule has 1 aromatic heterocycles. The predicted molar refractivity (Wildman–Crippen MR) is 101 cm³/mol. The predicted octanol–water partition coefficient (Wildman–Crippen LogP) is 3.01. The SMILES string of the molecule is CCNC(=NCCOc1ccc(Cl)cn1)NC1CC=CC1.I. The third-order valence-corrected chi connectivity index (χ3v) is 3.23. The summed E-state index contributed by atoms with van der Waals surface area (Å²) in [6.45, 7) is 3.94. The quantitative estimate of drug-likeness (QED) is 0.237. The van der Waals surface area contributed by atoms with Crippen LogP contribution in [0.15, 0.2) is 35.5 Å². The lowest BCUT2D eigenvalue weighted by molar-refractivity contribution is 0.316. The molecule has 0 atom stereocenters. The molecular formula is C15H22ClIN4O. The van der Waals surface area contributed by atoms with Crippen LogP contribution >= 0.6 is 35.6 Å². The smallest absolute Gasteiger partial charge is 0.213 e. The summed E-state index contributed by atoms with van der Waals surface area (Å²) in [6.07, 6.45) is 8.05. The molecule has 0 radical (unpaired) electrons. The van der Waals surface area contributed by atoms with Crippen LogP contribution < -0.4 is 15.4 Å². The van der Waals surface area contributed by atoms with Gasteiger partial charge in [-0.1, -0.05) is 23.8 Å². The van der Waals surface area contributed by atoms with Gasteiger partial charge in [0.25, 0.3) is 0 Å². The van der Waals surface area contributed by atoms with Gasteiger partial charge in [0.2, 0.25) is 5.88 Å². The van der Waals surface area contributed by atoms with Crippen LogP contribution in [0.2, 0.25) is 5.02 Å². The van der Waals surface area contributed by atoms with E-state index in [4.69, 9.17) is 16.3 Å². The highest BCUT2D eigenvalue weighted by Gasteiger charge is 2.11. The summed E-state index contributed by atoms with van der Waals surface area (Å²) < 4.78 is 5.51. The molecule has 1 heterocycles. The second kappa shape index (κ2) is 10.7. The third-order valence-electron chi connectivity index (χ3n) is 3.00. The van der Waals surface area contributed by atoms with Crippen LogP contribution in [0.1, 0.15) is 19.8 Å². The van der Waals surface area contributed by atoms with Crippen LogP contribution in [0.5, 0.6) is 5.88 Å². The van der Waals surface area contributed by atoms with E-state index in [0.29, 0.717) is 30.1 Å². The fourth-order valence-corrected chi connectivity index (χ4v) is 2.12. The topological polar surface area (TPSA) is 58.5 Å². The Balaban J connectivity index is 0.00000242. The van der Waals surface area contributed by atoms with Gasteiger partial charge in [-0.3, -0.25) is 0 Å². The first kappa shape index (κ1) is 19.0. The Hall–Kier alpha value is -1.02. The summed E-state index contributed by atoms with van der Waals surface area (Å²) in [7, 11) is 0. The maximum Gasteiger partial charge on any atom is 0.213 e. The van der Waals surface area contributed by atoms with Crippen molar-refractivity contribution in [3.8, 4) is 5.88 Å². The Labute approximate surface area is 153 Å². The number of ether oxygens (including phenoxy) is 1. The molecule has 0 spiro atoms. The lowest BCUT2D eigenvalue weighted by Gasteiger charge is -2.16. The number of halogens is 2. The molecule has 0 aromatic carbocycles. The van der Waals surface area contributed by atoms with Crippen LogP contribution in [-0.4, -0.2) is 36.7 Å². The molecule has 5 nitrogen and oxygen atoms in total. The summed E-state index contributed by atoms with van der Waals surface area (Å²) in [5.41, 5.74) is 0. The Morgan fingerprint density at radius 3 is 2.82 bits per heavy atom. The van der Waals surface area contributed by atoms with Gasteiger partial charge >= 0.3 is 0 Å². The van der Waals surface area contributed by atoms with Crippen molar-refractivity contribution in [2.75, 3.05) is 19.7 Å². The number of aliphatic imine (C=N–C) groups is 1. The molecule has 1 aromatic rings. The summed E-state index contributed by atoms with van der Waals surface area (Å²) in [5, 5.41) is 7.25. The molecule has 2 rings (SSSR count). The minimum atomic E-state index is 0. The van der Waals surface area contributed by atoms with Gasteiger partial charge < -0.3 is 15.4 Å². The number of guanidine groups is 1. The van der Waals surface area contributed by atoms with Crippen LogP contribution in [0.3, 0.4) is 0 Å². The first-order chi connectivity index (χ1) is 10.3. The first-order valence-electron chi connectivity index (χ1n) is 7.22. The van der Waals surface area contributed by atoms with E-state index < -0.39 is 0 Å². The fourth-order valence-electron chi connectivity index (χ4n) is 2.00. The zero-order valence-corrected chi connectivity index (χ0v) is 15.7. The third kappa shape index (κ3) is 6.83. The standard InChI is InChI=1S/C15H21ClN4O.HI/c1-2-17-15(20-13-5-3-4-6-13)18-9-10-21-14-8-7-12(16)11-19-14;/h3-4,7-8,11,13H,2,5-6,9-10H2,1H3,(H2,17,18,20);1H. The van der Waals surface area contributed by atoms with Crippen molar-refractivity contribution in [2.24, 2.45) is 4.99 Å². The molecular weight excluding hydrogens is 415 g/mol. The molecule has 1 aliphatic rings. The van der Waals surface area contributed by atoms with E-state index in [1.165, 1.54) is 0 Å². The van der Waals surface area contributed by atoms with Crippen molar-refractivity contribution in [2.45, 2.75) is 25.8 Å². The zero-order valence-electron chi connectivity index (χ0n) is 12.6. The minimum absolute atomic E-state index is 0. The first-order valence-corrected chi connectivity index (χ1v) is 7.60. The highest BCUT2D eigenvalue weighted by molar-refractivity contribution is 14.0. The van der Waals surface area contributed by atoms with Crippen LogP contribution in [0.25, 0.3) is 0 Å². The van der Waals surface area contributed by atoms with E-state index in [1.54, 1.807) is 18.3 Å². The highest BCUT2D eigenvalue weighted by Crippen LogP contribution is 2.11. The normalized spacial score (nSPS) is 14.5. The second-order valence-corrected chi connectivity index (χ2v) is 5.14. The maximum atomic E-state index is 5.77. The van der Waals surface area contributed by atoms with E-state index in [-0.39, 0.29) is 24.0 Å². The average Bonchev–Trinajstić information content (AvgIpc) is 2.98. The summed E-state index contributed by atoms with van der Waals surface area (Å²) >= 11 is 5.77. The molecule has 0 unspecified atom stereocenters. The molecule has 122 valence electrons. The Bertz CT molecular complexity index is 485. The Morgan fingerprint density at radius 2 is 2.18 bits per heavy atom. The van der Waals surface area contributed by atoms with E-state index in [9.17, 15) is 0 Å². The van der Waals surface area contributed by atoms with Crippen molar-refractivity contribution in [3.05, 3.63) is 35.5 Å². The van der Waals surface area contributed by atoms with Gasteiger partial charge in [0, 0.05) is 24.8 Å². The maximum absolute atomic E-state index is 5.77. The molecule has 0 fully saturated rings. The van der Waals surface area contributed by atoms with Crippen molar-refractivity contribution in [3.63, 3.8) is 0 Å². The molecule has 1 aliphatic carbocycles. The van der Waals surface area contributed by atoms with Crippen LogP contribution in [0, 0.1) is 0 Å². The molecule has 7 heteroatoms. The lowest BCUT2D eigenvalue weighted by Crippen LogP contribution is -2.42. The monoisotopic (exact) mass is 436 g/mol. The molecule has 2 N–H and O–H groups in total. The van der Waals surface area contributed by atoms with Crippen molar-refractivity contribution in [1.29, 1.82) is 0 Å². The van der Waals surface area contributed by atoms with Gasteiger partial charge in [0.05, 0.1) is 11.6 Å². The minimum Gasteiger partial charge on any atom is -0.476 e. The van der Waals surface area contributed by atoms with Gasteiger partial charge in [-0.2, -0.15) is 0 Å². The Morgan fingerprint density at radius 1 is 1.41 bits per heavy atom. The van der Waals surface area contributed by atoms with Crippen molar-refractivity contribution < 1.29 is 4.74 Å². The number of rotatable bonds is 6. The van der Waals surface area contributed by atoms with Gasteiger partial charge in [0.1, 0.15) is 6.61 Å². The van der Waals surface area contributed by atoms with Gasteiger partial charge in [-0.05, 0) is 25.8 Å². The second-order valence-electron chi connectivity index (χ2n) is 4.71. The van der Waals surface area contributed by atoms with Crippen LogP contribution in [0.4, 0.5) is 0 Å². The number of nitrogens with one attached hydrogen (secondary N) is 2. The highest BCUT2D eigenvalue weighted by atomic mass is 127.